The van der Waals surface area contributed by atoms with Crippen LogP contribution < -0.4 is 19.5 Å². The highest BCUT2D eigenvalue weighted by Crippen LogP contribution is 2.28. The maximum absolute atomic E-state index is 12.5. The molecule has 1 amide bonds. The summed E-state index contributed by atoms with van der Waals surface area (Å²) in [5, 5.41) is 11.5. The van der Waals surface area contributed by atoms with Crippen molar-refractivity contribution in [2.24, 2.45) is 0 Å². The minimum atomic E-state index is -3.59. The molecule has 3 rings (SSSR count). The average Bonchev–Trinajstić information content (AvgIpc) is 3.20. The lowest BCUT2D eigenvalue weighted by Crippen LogP contribution is -2.25. The van der Waals surface area contributed by atoms with Crippen LogP contribution in [-0.2, 0) is 16.4 Å². The number of aromatic nitrogens is 2. The Morgan fingerprint density at radius 2 is 1.74 bits per heavy atom. The van der Waals surface area contributed by atoms with Gasteiger partial charge >= 0.3 is 0 Å². The number of rotatable bonds is 9. The van der Waals surface area contributed by atoms with Gasteiger partial charge in [0.25, 0.3) is 5.91 Å². The molecule has 0 saturated heterocycles. The van der Waals surface area contributed by atoms with Gasteiger partial charge in [-0.1, -0.05) is 29.0 Å². The normalized spacial score (nSPS) is 11.2. The van der Waals surface area contributed by atoms with Gasteiger partial charge in [0.15, 0.2) is 11.5 Å². The number of ether oxygens (including phenoxy) is 2. The SMILES string of the molecule is COc1ccc(C(=O)Nc2nnc(CCNS(=O)(=O)c3ccc(C)cc3)s2)cc1OC. The van der Waals surface area contributed by atoms with Crippen LogP contribution in [0.4, 0.5) is 5.13 Å². The Morgan fingerprint density at radius 1 is 1.03 bits per heavy atom. The number of anilines is 1. The number of aryl methyl sites for hydroxylation is 1. The Kier molecular flexibility index (Phi) is 7.21. The van der Waals surface area contributed by atoms with E-state index in [0.29, 0.717) is 33.6 Å². The van der Waals surface area contributed by atoms with Crippen molar-refractivity contribution in [3.05, 3.63) is 58.6 Å². The van der Waals surface area contributed by atoms with Crippen LogP contribution in [0, 0.1) is 6.92 Å². The number of nitrogens with zero attached hydrogens (tertiary/aromatic N) is 2. The number of carbonyl (C=O) groups excluding carboxylic acids is 1. The topological polar surface area (TPSA) is 120 Å². The lowest BCUT2D eigenvalue weighted by molar-refractivity contribution is 0.102. The van der Waals surface area contributed by atoms with Crippen LogP contribution in [0.5, 0.6) is 11.5 Å². The molecular formula is C20H22N4O5S2. The lowest BCUT2D eigenvalue weighted by Gasteiger charge is -2.09. The Balaban J connectivity index is 1.57. The predicted molar refractivity (Wildman–Crippen MR) is 117 cm³/mol. The van der Waals surface area contributed by atoms with E-state index in [-0.39, 0.29) is 17.3 Å². The second kappa shape index (κ2) is 9.86. The summed E-state index contributed by atoms with van der Waals surface area (Å²) in [4.78, 5) is 12.7. The highest BCUT2D eigenvalue weighted by Gasteiger charge is 2.15. The van der Waals surface area contributed by atoms with E-state index >= 15 is 0 Å². The Labute approximate surface area is 184 Å². The second-order valence-electron chi connectivity index (χ2n) is 6.49. The van der Waals surface area contributed by atoms with Crippen LogP contribution in [0.15, 0.2) is 47.4 Å². The van der Waals surface area contributed by atoms with E-state index in [2.05, 4.69) is 20.2 Å². The van der Waals surface area contributed by atoms with E-state index in [1.165, 1.54) is 25.6 Å². The summed E-state index contributed by atoms with van der Waals surface area (Å²) in [7, 11) is -0.588. The fourth-order valence-corrected chi connectivity index (χ4v) is 4.41. The van der Waals surface area contributed by atoms with E-state index in [1.807, 2.05) is 6.92 Å². The first kappa shape index (κ1) is 22.7. The van der Waals surface area contributed by atoms with Crippen molar-refractivity contribution in [1.29, 1.82) is 0 Å². The molecule has 0 radical (unpaired) electrons. The zero-order chi connectivity index (χ0) is 22.4. The van der Waals surface area contributed by atoms with Gasteiger partial charge in [-0.15, -0.1) is 10.2 Å². The van der Waals surface area contributed by atoms with Gasteiger partial charge in [-0.3, -0.25) is 10.1 Å². The number of benzene rings is 2. The minimum Gasteiger partial charge on any atom is -0.493 e. The molecule has 11 heteroatoms. The number of hydrogen-bond donors (Lipinski definition) is 2. The summed E-state index contributed by atoms with van der Waals surface area (Å²) in [6.07, 6.45) is 0.342. The van der Waals surface area contributed by atoms with Crippen molar-refractivity contribution in [1.82, 2.24) is 14.9 Å². The number of nitrogens with one attached hydrogen (secondary N) is 2. The van der Waals surface area contributed by atoms with Gasteiger partial charge in [0.05, 0.1) is 19.1 Å². The van der Waals surface area contributed by atoms with Gasteiger partial charge in [0.2, 0.25) is 15.2 Å². The van der Waals surface area contributed by atoms with Crippen molar-refractivity contribution in [2.45, 2.75) is 18.2 Å². The van der Waals surface area contributed by atoms with Crippen LogP contribution in [-0.4, -0.2) is 45.3 Å². The third-order valence-corrected chi connectivity index (χ3v) is 6.67. The number of sulfonamides is 1. The standard InChI is InChI=1S/C20H22N4O5S2/c1-13-4-7-15(8-5-13)31(26,27)21-11-10-18-23-24-20(30-18)22-19(25)14-6-9-16(28-2)17(12-14)29-3/h4-9,12,21H,10-11H2,1-3H3,(H,22,24,25). The summed E-state index contributed by atoms with van der Waals surface area (Å²) < 4.78 is 37.5. The molecule has 0 unspecified atom stereocenters. The van der Waals surface area contributed by atoms with E-state index in [1.54, 1.807) is 42.5 Å². The maximum Gasteiger partial charge on any atom is 0.257 e. The average molecular weight is 463 g/mol. The summed E-state index contributed by atoms with van der Waals surface area (Å²) in [5.41, 5.74) is 1.36. The molecule has 0 spiro atoms. The molecule has 0 fully saturated rings. The number of methoxy groups -OCH3 is 2. The molecule has 2 aromatic carbocycles. The zero-order valence-electron chi connectivity index (χ0n) is 17.2. The molecule has 1 heterocycles. The molecule has 3 aromatic rings. The van der Waals surface area contributed by atoms with Gasteiger partial charge in [0, 0.05) is 18.5 Å². The van der Waals surface area contributed by atoms with Crippen LogP contribution in [0.1, 0.15) is 20.9 Å². The quantitative estimate of drug-likeness (QED) is 0.502. The van der Waals surface area contributed by atoms with Gasteiger partial charge in [-0.25, -0.2) is 13.1 Å². The van der Waals surface area contributed by atoms with Crippen molar-refractivity contribution >= 4 is 32.4 Å². The number of carbonyl (C=O) groups is 1. The highest BCUT2D eigenvalue weighted by atomic mass is 32.2. The predicted octanol–water partition coefficient (Wildman–Crippen LogP) is 2.64. The summed E-state index contributed by atoms with van der Waals surface area (Å²) in [5.74, 6) is 0.586. The zero-order valence-corrected chi connectivity index (χ0v) is 18.8. The third kappa shape index (κ3) is 5.78. The van der Waals surface area contributed by atoms with Crippen LogP contribution in [0.2, 0.25) is 0 Å². The van der Waals surface area contributed by atoms with E-state index < -0.39 is 10.0 Å². The maximum atomic E-state index is 12.5. The largest absolute Gasteiger partial charge is 0.493 e. The molecule has 0 aliphatic carbocycles. The molecule has 0 atom stereocenters. The van der Waals surface area contributed by atoms with Gasteiger partial charge in [-0.05, 0) is 37.3 Å². The van der Waals surface area contributed by atoms with E-state index in [4.69, 9.17) is 9.47 Å². The molecule has 0 aliphatic heterocycles. The molecule has 0 bridgehead atoms. The van der Waals surface area contributed by atoms with E-state index in [0.717, 1.165) is 5.56 Å². The Morgan fingerprint density at radius 3 is 2.42 bits per heavy atom. The van der Waals surface area contributed by atoms with Gasteiger partial charge in [-0.2, -0.15) is 0 Å². The number of amides is 1. The van der Waals surface area contributed by atoms with Gasteiger partial charge in [0.1, 0.15) is 5.01 Å². The van der Waals surface area contributed by atoms with Crippen LogP contribution in [0.3, 0.4) is 0 Å². The molecule has 2 N–H and O–H groups in total. The first-order valence-electron chi connectivity index (χ1n) is 9.24. The molecule has 1 aromatic heterocycles. The first-order chi connectivity index (χ1) is 14.8. The monoisotopic (exact) mass is 462 g/mol. The van der Waals surface area contributed by atoms with Crippen molar-refractivity contribution in [3.8, 4) is 11.5 Å². The minimum absolute atomic E-state index is 0.161. The number of hydrogen-bond acceptors (Lipinski definition) is 8. The fourth-order valence-electron chi connectivity index (χ4n) is 2.64. The summed E-state index contributed by atoms with van der Waals surface area (Å²) >= 11 is 1.18. The highest BCUT2D eigenvalue weighted by molar-refractivity contribution is 7.89. The first-order valence-corrected chi connectivity index (χ1v) is 11.5. The van der Waals surface area contributed by atoms with Crippen molar-refractivity contribution in [2.75, 3.05) is 26.1 Å². The summed E-state index contributed by atoms with van der Waals surface area (Å²) in [6, 6.07) is 11.4. The molecule has 0 aliphatic rings. The van der Waals surface area contributed by atoms with Crippen molar-refractivity contribution < 1.29 is 22.7 Å². The molecule has 164 valence electrons. The molecular weight excluding hydrogens is 440 g/mol. The molecule has 0 saturated carbocycles. The van der Waals surface area contributed by atoms with E-state index in [9.17, 15) is 13.2 Å². The fraction of sp³-hybridized carbons (Fsp3) is 0.250. The third-order valence-electron chi connectivity index (χ3n) is 4.30. The Hall–Kier alpha value is -3.02. The molecule has 31 heavy (non-hydrogen) atoms. The van der Waals surface area contributed by atoms with Crippen LogP contribution in [0.25, 0.3) is 0 Å². The van der Waals surface area contributed by atoms with Crippen molar-refractivity contribution in [3.63, 3.8) is 0 Å². The second-order valence-corrected chi connectivity index (χ2v) is 9.31. The van der Waals surface area contributed by atoms with Crippen LogP contribution >= 0.6 is 11.3 Å². The smallest absolute Gasteiger partial charge is 0.257 e. The Bertz CT molecular complexity index is 1160. The lowest BCUT2D eigenvalue weighted by atomic mass is 10.2. The van der Waals surface area contributed by atoms with Gasteiger partial charge < -0.3 is 9.47 Å². The molecule has 9 nitrogen and oxygen atoms in total. The summed E-state index contributed by atoms with van der Waals surface area (Å²) in [6.45, 7) is 2.05.